The summed E-state index contributed by atoms with van der Waals surface area (Å²) >= 11 is 1.71. The van der Waals surface area contributed by atoms with Gasteiger partial charge in [0.05, 0.1) is 6.54 Å². The van der Waals surface area contributed by atoms with Crippen LogP contribution in [0.5, 0.6) is 0 Å². The number of carbonyl (C=O) groups is 1. The van der Waals surface area contributed by atoms with Crippen LogP contribution in [-0.4, -0.2) is 48.1 Å². The molecule has 22 heavy (non-hydrogen) atoms. The van der Waals surface area contributed by atoms with Gasteiger partial charge in [-0.05, 0) is 57.5 Å². The van der Waals surface area contributed by atoms with Crippen LogP contribution in [0.4, 0.5) is 4.79 Å². The van der Waals surface area contributed by atoms with Crippen molar-refractivity contribution >= 4 is 17.4 Å². The number of urea groups is 1. The highest BCUT2D eigenvalue weighted by atomic mass is 32.1. The Balaban J connectivity index is 1.78. The lowest BCUT2D eigenvalue weighted by Gasteiger charge is -2.35. The molecule has 2 heterocycles. The average Bonchev–Trinajstić information content (AvgIpc) is 3.03. The molecule has 1 aromatic rings. The second-order valence-corrected chi connectivity index (χ2v) is 7.41. The monoisotopic (exact) mass is 323 g/mol. The van der Waals surface area contributed by atoms with E-state index < -0.39 is 0 Å². The smallest absolute Gasteiger partial charge is 0.317 e. The summed E-state index contributed by atoms with van der Waals surface area (Å²) < 4.78 is 0. The molecular formula is C17H29N3OS. The van der Waals surface area contributed by atoms with Gasteiger partial charge in [-0.25, -0.2) is 4.79 Å². The van der Waals surface area contributed by atoms with Crippen molar-refractivity contribution in [3.05, 3.63) is 22.4 Å². The normalized spacial score (nSPS) is 19.4. The lowest BCUT2D eigenvalue weighted by molar-refractivity contribution is 0.136. The van der Waals surface area contributed by atoms with Crippen LogP contribution in [0, 0.1) is 5.92 Å². The maximum atomic E-state index is 12.4. The molecule has 1 atom stereocenters. The molecule has 1 unspecified atom stereocenters. The summed E-state index contributed by atoms with van der Waals surface area (Å²) in [7, 11) is 0. The molecule has 0 spiro atoms. The second kappa shape index (κ2) is 8.53. The molecule has 0 bridgehead atoms. The SMILES string of the molecule is CCN(Cc1cccs1)C(=O)NCC1CCCN(C(C)C)C1. The van der Waals surface area contributed by atoms with Crippen LogP contribution in [0.3, 0.4) is 0 Å². The van der Waals surface area contributed by atoms with Crippen molar-refractivity contribution in [3.8, 4) is 0 Å². The minimum absolute atomic E-state index is 0.0672. The van der Waals surface area contributed by atoms with E-state index >= 15 is 0 Å². The van der Waals surface area contributed by atoms with E-state index in [-0.39, 0.29) is 6.03 Å². The number of thiophene rings is 1. The van der Waals surface area contributed by atoms with E-state index in [9.17, 15) is 4.79 Å². The van der Waals surface area contributed by atoms with Gasteiger partial charge in [0.15, 0.2) is 0 Å². The molecule has 1 aliphatic rings. The van der Waals surface area contributed by atoms with Gasteiger partial charge < -0.3 is 15.1 Å². The molecule has 0 aromatic carbocycles. The van der Waals surface area contributed by atoms with Gasteiger partial charge in [0.25, 0.3) is 0 Å². The first-order valence-corrected chi connectivity index (χ1v) is 9.27. The van der Waals surface area contributed by atoms with Crippen molar-refractivity contribution in [2.75, 3.05) is 26.2 Å². The van der Waals surface area contributed by atoms with Crippen molar-refractivity contribution in [2.24, 2.45) is 5.92 Å². The predicted molar refractivity (Wildman–Crippen MR) is 93.2 cm³/mol. The van der Waals surface area contributed by atoms with Gasteiger partial charge in [-0.2, -0.15) is 0 Å². The van der Waals surface area contributed by atoms with E-state index in [1.807, 2.05) is 17.9 Å². The van der Waals surface area contributed by atoms with E-state index in [4.69, 9.17) is 0 Å². The Kier molecular flexibility index (Phi) is 6.70. The van der Waals surface area contributed by atoms with Crippen LogP contribution >= 0.6 is 11.3 Å². The van der Waals surface area contributed by atoms with Crippen molar-refractivity contribution < 1.29 is 4.79 Å². The number of hydrogen-bond acceptors (Lipinski definition) is 3. The first-order chi connectivity index (χ1) is 10.6. The van der Waals surface area contributed by atoms with Gasteiger partial charge in [-0.1, -0.05) is 6.07 Å². The summed E-state index contributed by atoms with van der Waals surface area (Å²) in [5.74, 6) is 0.584. The zero-order chi connectivity index (χ0) is 15.9. The molecule has 1 aromatic heterocycles. The number of hydrogen-bond donors (Lipinski definition) is 1. The van der Waals surface area contributed by atoms with Crippen LogP contribution < -0.4 is 5.32 Å². The van der Waals surface area contributed by atoms with Gasteiger partial charge in [0, 0.05) is 30.6 Å². The molecule has 1 N–H and O–H groups in total. The second-order valence-electron chi connectivity index (χ2n) is 6.38. The van der Waals surface area contributed by atoms with Crippen LogP contribution in [0.2, 0.25) is 0 Å². The third kappa shape index (κ3) is 4.99. The number of likely N-dealkylation sites (tertiary alicyclic amines) is 1. The third-order valence-electron chi connectivity index (χ3n) is 4.42. The fourth-order valence-electron chi connectivity index (χ4n) is 2.99. The first kappa shape index (κ1) is 17.3. The summed E-state index contributed by atoms with van der Waals surface area (Å²) in [6.45, 7) is 11.1. The lowest BCUT2D eigenvalue weighted by Crippen LogP contribution is -2.46. The lowest BCUT2D eigenvalue weighted by atomic mass is 9.97. The highest BCUT2D eigenvalue weighted by molar-refractivity contribution is 7.09. The van der Waals surface area contributed by atoms with Crippen molar-refractivity contribution in [2.45, 2.75) is 46.2 Å². The number of amides is 2. The topological polar surface area (TPSA) is 35.6 Å². The van der Waals surface area contributed by atoms with E-state index in [0.717, 1.165) is 19.6 Å². The minimum atomic E-state index is 0.0672. The summed E-state index contributed by atoms with van der Waals surface area (Å²) in [5.41, 5.74) is 0. The Hall–Kier alpha value is -1.07. The van der Waals surface area contributed by atoms with Gasteiger partial charge in [-0.3, -0.25) is 0 Å². The molecular weight excluding hydrogens is 294 g/mol. The molecule has 1 fully saturated rings. The number of rotatable bonds is 6. The quantitative estimate of drug-likeness (QED) is 0.871. The van der Waals surface area contributed by atoms with Crippen LogP contribution in [0.1, 0.15) is 38.5 Å². The largest absolute Gasteiger partial charge is 0.338 e. The number of carbonyl (C=O) groups excluding carboxylic acids is 1. The Morgan fingerprint density at radius 3 is 3.00 bits per heavy atom. The van der Waals surface area contributed by atoms with Crippen molar-refractivity contribution in [3.63, 3.8) is 0 Å². The maximum Gasteiger partial charge on any atom is 0.317 e. The number of nitrogens with zero attached hydrogens (tertiary/aromatic N) is 2. The standard InChI is InChI=1S/C17H29N3OS/c1-4-19(13-16-8-6-10-22-16)17(21)18-11-15-7-5-9-20(12-15)14(2)3/h6,8,10,14-15H,4-5,7,9,11-13H2,1-3H3,(H,18,21). The molecule has 0 radical (unpaired) electrons. The van der Waals surface area contributed by atoms with Gasteiger partial charge in [0.1, 0.15) is 0 Å². The highest BCUT2D eigenvalue weighted by Gasteiger charge is 2.22. The molecule has 5 heteroatoms. The Bertz CT molecular complexity index is 447. The zero-order valence-electron chi connectivity index (χ0n) is 14.0. The Morgan fingerprint density at radius 2 is 2.36 bits per heavy atom. The molecule has 1 saturated heterocycles. The molecule has 0 saturated carbocycles. The minimum Gasteiger partial charge on any atom is -0.338 e. The van der Waals surface area contributed by atoms with E-state index in [1.165, 1.54) is 24.3 Å². The Labute approximate surface area is 138 Å². The van der Waals surface area contributed by atoms with Crippen molar-refractivity contribution in [1.29, 1.82) is 0 Å². The molecule has 0 aliphatic carbocycles. The van der Waals surface area contributed by atoms with Gasteiger partial charge >= 0.3 is 6.03 Å². The average molecular weight is 324 g/mol. The molecule has 2 amide bonds. The molecule has 4 nitrogen and oxygen atoms in total. The van der Waals surface area contributed by atoms with Crippen LogP contribution in [0.15, 0.2) is 17.5 Å². The van der Waals surface area contributed by atoms with Gasteiger partial charge in [0.2, 0.25) is 0 Å². The molecule has 1 aliphatic heterocycles. The summed E-state index contributed by atoms with van der Waals surface area (Å²) in [5, 5.41) is 5.20. The van der Waals surface area contributed by atoms with Crippen molar-refractivity contribution in [1.82, 2.24) is 15.1 Å². The highest BCUT2D eigenvalue weighted by Crippen LogP contribution is 2.18. The van der Waals surface area contributed by atoms with Crippen LogP contribution in [-0.2, 0) is 6.54 Å². The van der Waals surface area contributed by atoms with E-state index in [2.05, 4.69) is 35.5 Å². The number of piperidine rings is 1. The predicted octanol–water partition coefficient (Wildman–Crippen LogP) is 3.40. The van der Waals surface area contributed by atoms with Gasteiger partial charge in [-0.15, -0.1) is 11.3 Å². The summed E-state index contributed by atoms with van der Waals surface area (Å²) in [4.78, 5) is 18.0. The Morgan fingerprint density at radius 1 is 1.55 bits per heavy atom. The molecule has 2 rings (SSSR count). The summed E-state index contributed by atoms with van der Waals surface area (Å²) in [6.07, 6.45) is 2.46. The molecule has 124 valence electrons. The third-order valence-corrected chi connectivity index (χ3v) is 5.28. The zero-order valence-corrected chi connectivity index (χ0v) is 14.9. The van der Waals surface area contributed by atoms with E-state index in [1.54, 1.807) is 11.3 Å². The first-order valence-electron chi connectivity index (χ1n) is 8.39. The maximum absolute atomic E-state index is 12.4. The summed E-state index contributed by atoms with van der Waals surface area (Å²) in [6, 6.07) is 4.79. The number of nitrogens with one attached hydrogen (secondary N) is 1. The fourth-order valence-corrected chi connectivity index (χ4v) is 3.71. The van der Waals surface area contributed by atoms with Crippen LogP contribution in [0.25, 0.3) is 0 Å². The fraction of sp³-hybridized carbons (Fsp3) is 0.706. The van der Waals surface area contributed by atoms with E-state index in [0.29, 0.717) is 18.5 Å².